The van der Waals surface area contributed by atoms with Gasteiger partial charge in [0.25, 0.3) is 5.91 Å². The number of fused-ring (bicyclic) bond motifs is 1. The summed E-state index contributed by atoms with van der Waals surface area (Å²) in [6.07, 6.45) is 1.90. The molecule has 0 aromatic heterocycles. The highest BCUT2D eigenvalue weighted by atomic mass is 32.2. The zero-order chi connectivity index (χ0) is 23.6. The van der Waals surface area contributed by atoms with Crippen molar-refractivity contribution in [2.24, 2.45) is 0 Å². The van der Waals surface area contributed by atoms with Gasteiger partial charge in [0.1, 0.15) is 0 Å². The lowest BCUT2D eigenvalue weighted by Gasteiger charge is -2.30. The minimum absolute atomic E-state index is 0.0579. The van der Waals surface area contributed by atoms with E-state index in [0.29, 0.717) is 17.7 Å². The van der Waals surface area contributed by atoms with Crippen LogP contribution >= 0.6 is 0 Å². The number of amides is 1. The second kappa shape index (κ2) is 9.29. The summed E-state index contributed by atoms with van der Waals surface area (Å²) >= 11 is 0. The summed E-state index contributed by atoms with van der Waals surface area (Å²) in [6, 6.07) is 19.0. The predicted molar refractivity (Wildman–Crippen MR) is 128 cm³/mol. The number of hydrogen-bond donors (Lipinski definition) is 1. The molecule has 0 spiro atoms. The Bertz CT molecular complexity index is 1300. The average Bonchev–Trinajstić information content (AvgIpc) is 2.82. The molecule has 1 aliphatic heterocycles. The van der Waals surface area contributed by atoms with Crippen molar-refractivity contribution in [3.63, 3.8) is 0 Å². The van der Waals surface area contributed by atoms with Crippen LogP contribution in [0, 0.1) is 6.92 Å². The molecule has 3 aromatic rings. The van der Waals surface area contributed by atoms with Gasteiger partial charge in [-0.2, -0.15) is 0 Å². The summed E-state index contributed by atoms with van der Waals surface area (Å²) in [7, 11) is -3.72. The van der Waals surface area contributed by atoms with Gasteiger partial charge in [-0.3, -0.25) is 9.59 Å². The molecule has 1 aliphatic rings. The number of nitrogens with zero attached hydrogens (tertiary/aromatic N) is 1. The van der Waals surface area contributed by atoms with Gasteiger partial charge >= 0.3 is 0 Å². The third-order valence-electron chi connectivity index (χ3n) is 5.84. The SMILES string of the molecule is CC(=O)c1ccc(S(=O)(=O)NCc2ccc(C(=O)N3CCCc4cc(C)ccc43)cc2)cc1. The van der Waals surface area contributed by atoms with Crippen molar-refractivity contribution in [2.75, 3.05) is 11.4 Å². The van der Waals surface area contributed by atoms with Crippen LogP contribution in [0.25, 0.3) is 0 Å². The van der Waals surface area contributed by atoms with E-state index in [1.807, 2.05) is 17.0 Å². The Balaban J connectivity index is 1.44. The molecular weight excluding hydrogens is 436 g/mol. The lowest BCUT2D eigenvalue weighted by atomic mass is 9.98. The largest absolute Gasteiger partial charge is 0.308 e. The molecule has 0 aliphatic carbocycles. The summed E-state index contributed by atoms with van der Waals surface area (Å²) in [5.74, 6) is -0.179. The van der Waals surface area contributed by atoms with E-state index in [-0.39, 0.29) is 23.1 Å². The van der Waals surface area contributed by atoms with Crippen LogP contribution in [0.1, 0.15) is 50.8 Å². The molecule has 170 valence electrons. The number of ketones is 1. The van der Waals surface area contributed by atoms with Crippen molar-refractivity contribution in [3.05, 3.63) is 94.5 Å². The zero-order valence-corrected chi connectivity index (χ0v) is 19.5. The van der Waals surface area contributed by atoms with Gasteiger partial charge < -0.3 is 4.90 Å². The molecule has 3 aromatic carbocycles. The summed E-state index contributed by atoms with van der Waals surface area (Å²) in [5, 5.41) is 0. The highest BCUT2D eigenvalue weighted by Gasteiger charge is 2.23. The number of rotatable bonds is 6. The standard InChI is InChI=1S/C26H26N2O4S/c1-18-5-14-25-23(16-18)4-3-15-28(25)26(30)22-8-6-20(7-9-22)17-27-33(31,32)24-12-10-21(11-13-24)19(2)29/h5-14,16,27H,3-4,15,17H2,1-2H3. The van der Waals surface area contributed by atoms with Crippen LogP contribution in [-0.4, -0.2) is 26.7 Å². The van der Waals surface area contributed by atoms with Crippen LogP contribution in [0.2, 0.25) is 0 Å². The molecule has 0 saturated heterocycles. The molecule has 1 heterocycles. The molecule has 0 unspecified atom stereocenters. The molecule has 4 rings (SSSR count). The molecule has 6 nitrogen and oxygen atoms in total. The third-order valence-corrected chi connectivity index (χ3v) is 7.25. The van der Waals surface area contributed by atoms with Crippen LogP contribution < -0.4 is 9.62 Å². The lowest BCUT2D eigenvalue weighted by Crippen LogP contribution is -2.35. The Hall–Kier alpha value is -3.29. The van der Waals surface area contributed by atoms with E-state index in [9.17, 15) is 18.0 Å². The fraction of sp³-hybridized carbons (Fsp3) is 0.231. The monoisotopic (exact) mass is 462 g/mol. The number of sulfonamides is 1. The van der Waals surface area contributed by atoms with Gasteiger partial charge in [0, 0.05) is 29.9 Å². The average molecular weight is 463 g/mol. The van der Waals surface area contributed by atoms with Gasteiger partial charge in [0.2, 0.25) is 10.0 Å². The first-order valence-corrected chi connectivity index (χ1v) is 12.3. The molecule has 33 heavy (non-hydrogen) atoms. The molecule has 0 fully saturated rings. The van der Waals surface area contributed by atoms with Crippen molar-refractivity contribution in [1.29, 1.82) is 0 Å². The highest BCUT2D eigenvalue weighted by molar-refractivity contribution is 7.89. The van der Waals surface area contributed by atoms with Crippen molar-refractivity contribution < 1.29 is 18.0 Å². The van der Waals surface area contributed by atoms with E-state index in [1.54, 1.807) is 24.3 Å². The number of nitrogens with one attached hydrogen (secondary N) is 1. The Kier molecular flexibility index (Phi) is 6.44. The second-order valence-corrected chi connectivity index (χ2v) is 10.1. The second-order valence-electron chi connectivity index (χ2n) is 8.29. The number of aryl methyl sites for hydroxylation is 2. The van der Waals surface area contributed by atoms with E-state index in [0.717, 1.165) is 24.1 Å². The molecule has 0 bridgehead atoms. The maximum absolute atomic E-state index is 13.1. The van der Waals surface area contributed by atoms with E-state index >= 15 is 0 Å². The normalized spacial score (nSPS) is 13.5. The number of Topliss-reactive ketones (excluding diaryl/α,β-unsaturated/α-hetero) is 1. The number of hydrogen-bond acceptors (Lipinski definition) is 4. The summed E-state index contributed by atoms with van der Waals surface area (Å²) < 4.78 is 27.7. The van der Waals surface area contributed by atoms with Crippen molar-refractivity contribution >= 4 is 27.4 Å². The number of anilines is 1. The third kappa shape index (κ3) is 5.05. The number of carbonyl (C=O) groups excluding carboxylic acids is 2. The van der Waals surface area contributed by atoms with Gasteiger partial charge in [-0.1, -0.05) is 42.0 Å². The van der Waals surface area contributed by atoms with Gasteiger partial charge in [-0.05, 0) is 68.1 Å². The molecule has 0 radical (unpaired) electrons. The van der Waals surface area contributed by atoms with Gasteiger partial charge in [-0.25, -0.2) is 13.1 Å². The molecular formula is C26H26N2O4S. The maximum atomic E-state index is 13.1. The topological polar surface area (TPSA) is 83.5 Å². The van der Waals surface area contributed by atoms with Crippen LogP contribution in [0.5, 0.6) is 0 Å². The van der Waals surface area contributed by atoms with Crippen LogP contribution in [0.3, 0.4) is 0 Å². The van der Waals surface area contributed by atoms with E-state index in [1.165, 1.54) is 42.3 Å². The van der Waals surface area contributed by atoms with E-state index < -0.39 is 10.0 Å². The van der Waals surface area contributed by atoms with E-state index in [2.05, 4.69) is 17.7 Å². The Morgan fingerprint density at radius 2 is 1.61 bits per heavy atom. The fourth-order valence-corrected chi connectivity index (χ4v) is 5.01. The van der Waals surface area contributed by atoms with Crippen molar-refractivity contribution in [1.82, 2.24) is 4.72 Å². The maximum Gasteiger partial charge on any atom is 0.258 e. The Labute approximate surface area is 194 Å². The van der Waals surface area contributed by atoms with Crippen LogP contribution in [0.4, 0.5) is 5.69 Å². The fourth-order valence-electron chi connectivity index (χ4n) is 3.99. The van der Waals surface area contributed by atoms with Gasteiger partial charge in [-0.15, -0.1) is 0 Å². The van der Waals surface area contributed by atoms with Gasteiger partial charge in [0.05, 0.1) is 4.90 Å². The minimum Gasteiger partial charge on any atom is -0.308 e. The molecule has 0 atom stereocenters. The molecule has 0 saturated carbocycles. The van der Waals surface area contributed by atoms with Crippen LogP contribution in [0.15, 0.2) is 71.6 Å². The van der Waals surface area contributed by atoms with E-state index in [4.69, 9.17) is 0 Å². The predicted octanol–water partition coefficient (Wildman–Crippen LogP) is 4.27. The lowest BCUT2D eigenvalue weighted by molar-refractivity contribution is 0.0983. The first-order valence-electron chi connectivity index (χ1n) is 10.9. The molecule has 7 heteroatoms. The molecule has 1 amide bonds. The zero-order valence-electron chi connectivity index (χ0n) is 18.7. The Morgan fingerprint density at radius 3 is 2.27 bits per heavy atom. The summed E-state index contributed by atoms with van der Waals surface area (Å²) in [6.45, 7) is 4.26. The smallest absolute Gasteiger partial charge is 0.258 e. The highest BCUT2D eigenvalue weighted by Crippen LogP contribution is 2.29. The molecule has 1 N–H and O–H groups in total. The van der Waals surface area contributed by atoms with Crippen molar-refractivity contribution in [2.45, 2.75) is 38.1 Å². The summed E-state index contributed by atoms with van der Waals surface area (Å²) in [5.41, 5.74) is 5.10. The number of benzene rings is 3. The first kappa shape index (κ1) is 22.9. The quantitative estimate of drug-likeness (QED) is 0.555. The number of carbonyl (C=O) groups is 2. The van der Waals surface area contributed by atoms with Crippen molar-refractivity contribution in [3.8, 4) is 0 Å². The van der Waals surface area contributed by atoms with Crippen LogP contribution in [-0.2, 0) is 23.0 Å². The first-order chi connectivity index (χ1) is 15.7. The Morgan fingerprint density at radius 1 is 0.939 bits per heavy atom. The van der Waals surface area contributed by atoms with Gasteiger partial charge in [0.15, 0.2) is 5.78 Å². The summed E-state index contributed by atoms with van der Waals surface area (Å²) in [4.78, 5) is 26.4. The minimum atomic E-state index is -3.72.